The predicted octanol–water partition coefficient (Wildman–Crippen LogP) is 2.12. The number of carbonyl (C=O) groups is 2. The Kier molecular flexibility index (Phi) is 5.17. The van der Waals surface area contributed by atoms with E-state index in [0.29, 0.717) is 17.5 Å². The van der Waals surface area contributed by atoms with Crippen molar-refractivity contribution in [2.45, 2.75) is 12.5 Å². The number of carbonyl (C=O) groups excluding carboxylic acids is 1. The highest BCUT2D eigenvalue weighted by Gasteiger charge is 2.27. The van der Waals surface area contributed by atoms with Crippen LogP contribution in [0.4, 0.5) is 0 Å². The zero-order valence-electron chi connectivity index (χ0n) is 10.6. The number of carboxylic acids is 1. The Bertz CT molecular complexity index is 528. The molecule has 20 heavy (non-hydrogen) atoms. The fourth-order valence-corrected chi connectivity index (χ4v) is 2.95. The van der Waals surface area contributed by atoms with Crippen LogP contribution in [0.3, 0.4) is 0 Å². The summed E-state index contributed by atoms with van der Waals surface area (Å²) in [6, 6.07) is 3.17. The quantitative estimate of drug-likeness (QED) is 0.864. The molecule has 0 saturated carbocycles. The van der Waals surface area contributed by atoms with Gasteiger partial charge in [0.1, 0.15) is 0 Å². The standard InChI is InChI=1S/C13H14ClNO4S/c14-11-3-1-10(20-11)2-4-12(16)15-5-6-19-8-9(15)7-13(17)18/h1-4,9H,5-8H2,(H,17,18)/b4-2+. The predicted molar refractivity (Wildman–Crippen MR) is 76.9 cm³/mol. The summed E-state index contributed by atoms with van der Waals surface area (Å²) in [5.41, 5.74) is 0. The van der Waals surface area contributed by atoms with Crippen LogP contribution >= 0.6 is 22.9 Å². The molecule has 0 aromatic carbocycles. The lowest BCUT2D eigenvalue weighted by Gasteiger charge is -2.34. The van der Waals surface area contributed by atoms with E-state index in [9.17, 15) is 9.59 Å². The van der Waals surface area contributed by atoms with E-state index >= 15 is 0 Å². The minimum atomic E-state index is -0.938. The summed E-state index contributed by atoms with van der Waals surface area (Å²) in [6.45, 7) is 1.10. The molecule has 1 N–H and O–H groups in total. The average molecular weight is 316 g/mol. The van der Waals surface area contributed by atoms with Gasteiger partial charge in [0.05, 0.1) is 30.0 Å². The van der Waals surface area contributed by atoms with E-state index in [4.69, 9.17) is 21.4 Å². The molecule has 1 aliphatic heterocycles. The van der Waals surface area contributed by atoms with Crippen LogP contribution in [-0.2, 0) is 14.3 Å². The molecular weight excluding hydrogens is 302 g/mol. The van der Waals surface area contributed by atoms with Crippen LogP contribution in [-0.4, -0.2) is 47.7 Å². The lowest BCUT2D eigenvalue weighted by molar-refractivity contribution is -0.143. The first-order valence-electron chi connectivity index (χ1n) is 6.10. The molecule has 1 unspecified atom stereocenters. The molecule has 1 aliphatic rings. The summed E-state index contributed by atoms with van der Waals surface area (Å²) in [7, 11) is 0. The number of carboxylic acid groups (broad SMARTS) is 1. The molecule has 1 amide bonds. The molecule has 0 bridgehead atoms. The van der Waals surface area contributed by atoms with Crippen molar-refractivity contribution >= 4 is 40.9 Å². The van der Waals surface area contributed by atoms with Crippen molar-refractivity contribution in [3.8, 4) is 0 Å². The first-order chi connectivity index (χ1) is 9.56. The maximum absolute atomic E-state index is 12.1. The maximum atomic E-state index is 12.1. The van der Waals surface area contributed by atoms with Crippen molar-refractivity contribution in [2.75, 3.05) is 19.8 Å². The van der Waals surface area contributed by atoms with Gasteiger partial charge in [0, 0.05) is 17.5 Å². The highest BCUT2D eigenvalue weighted by atomic mass is 35.5. The molecule has 0 radical (unpaired) electrons. The van der Waals surface area contributed by atoms with Gasteiger partial charge in [0.25, 0.3) is 0 Å². The summed E-state index contributed by atoms with van der Waals surface area (Å²) in [5.74, 6) is -1.14. The first kappa shape index (κ1) is 15.0. The van der Waals surface area contributed by atoms with Gasteiger partial charge >= 0.3 is 5.97 Å². The molecule has 0 aliphatic carbocycles. The zero-order chi connectivity index (χ0) is 14.5. The SMILES string of the molecule is O=C(O)CC1COCCN1C(=O)/C=C/c1ccc(Cl)s1. The van der Waals surface area contributed by atoms with Gasteiger partial charge in [-0.05, 0) is 18.2 Å². The van der Waals surface area contributed by atoms with Crippen molar-refractivity contribution in [3.63, 3.8) is 0 Å². The Morgan fingerprint density at radius 2 is 2.35 bits per heavy atom. The van der Waals surface area contributed by atoms with Gasteiger partial charge in [-0.25, -0.2) is 0 Å². The van der Waals surface area contributed by atoms with Crippen LogP contribution in [0.5, 0.6) is 0 Å². The average Bonchev–Trinajstić information content (AvgIpc) is 2.82. The first-order valence-corrected chi connectivity index (χ1v) is 7.29. The molecule has 5 nitrogen and oxygen atoms in total. The lowest BCUT2D eigenvalue weighted by atomic mass is 10.1. The van der Waals surface area contributed by atoms with E-state index in [-0.39, 0.29) is 18.9 Å². The minimum absolute atomic E-state index is 0.107. The van der Waals surface area contributed by atoms with Crippen LogP contribution < -0.4 is 0 Å². The highest BCUT2D eigenvalue weighted by molar-refractivity contribution is 7.17. The van der Waals surface area contributed by atoms with Crippen LogP contribution in [0.1, 0.15) is 11.3 Å². The summed E-state index contributed by atoms with van der Waals surface area (Å²) in [4.78, 5) is 25.4. The van der Waals surface area contributed by atoms with Gasteiger partial charge in [0.2, 0.25) is 5.91 Å². The number of aliphatic carboxylic acids is 1. The number of hydrogen-bond acceptors (Lipinski definition) is 4. The van der Waals surface area contributed by atoms with Crippen LogP contribution in [0.25, 0.3) is 6.08 Å². The fourth-order valence-electron chi connectivity index (χ4n) is 1.98. The topological polar surface area (TPSA) is 66.8 Å². The van der Waals surface area contributed by atoms with Gasteiger partial charge in [-0.2, -0.15) is 0 Å². The molecule has 2 rings (SSSR count). The third-order valence-corrected chi connectivity index (χ3v) is 4.10. The van der Waals surface area contributed by atoms with E-state index in [1.54, 1.807) is 17.0 Å². The molecule has 108 valence electrons. The molecule has 1 saturated heterocycles. The van der Waals surface area contributed by atoms with Gasteiger partial charge in [-0.15, -0.1) is 11.3 Å². The Balaban J connectivity index is 2.02. The zero-order valence-corrected chi connectivity index (χ0v) is 12.2. The molecular formula is C13H14ClNO4S. The molecule has 2 heterocycles. The fraction of sp³-hybridized carbons (Fsp3) is 0.385. The maximum Gasteiger partial charge on any atom is 0.305 e. The Morgan fingerprint density at radius 3 is 3.00 bits per heavy atom. The van der Waals surface area contributed by atoms with E-state index in [1.165, 1.54) is 17.4 Å². The minimum Gasteiger partial charge on any atom is -0.481 e. The number of rotatable bonds is 4. The third-order valence-electron chi connectivity index (χ3n) is 2.91. The van der Waals surface area contributed by atoms with E-state index in [2.05, 4.69) is 0 Å². The van der Waals surface area contributed by atoms with Crippen LogP contribution in [0.15, 0.2) is 18.2 Å². The number of amides is 1. The van der Waals surface area contributed by atoms with Gasteiger partial charge in [-0.3, -0.25) is 9.59 Å². The van der Waals surface area contributed by atoms with Gasteiger partial charge in [-0.1, -0.05) is 11.6 Å². The van der Waals surface area contributed by atoms with Gasteiger partial charge in [0.15, 0.2) is 0 Å². The summed E-state index contributed by atoms with van der Waals surface area (Å²) in [6.07, 6.45) is 3.03. The van der Waals surface area contributed by atoms with Crippen molar-refractivity contribution in [3.05, 3.63) is 27.4 Å². The van der Waals surface area contributed by atoms with Crippen molar-refractivity contribution in [2.24, 2.45) is 0 Å². The second kappa shape index (κ2) is 6.88. The number of nitrogens with zero attached hydrogens (tertiary/aromatic N) is 1. The Hall–Kier alpha value is -1.37. The van der Waals surface area contributed by atoms with E-state index < -0.39 is 12.0 Å². The Labute approximate surface area is 125 Å². The smallest absolute Gasteiger partial charge is 0.305 e. The number of ether oxygens (including phenoxy) is 1. The monoisotopic (exact) mass is 315 g/mol. The number of hydrogen-bond donors (Lipinski definition) is 1. The number of halogens is 1. The summed E-state index contributed by atoms with van der Waals surface area (Å²) in [5, 5.41) is 8.85. The van der Waals surface area contributed by atoms with Crippen LogP contribution in [0, 0.1) is 0 Å². The highest BCUT2D eigenvalue weighted by Crippen LogP contribution is 2.22. The van der Waals surface area contributed by atoms with Crippen molar-refractivity contribution < 1.29 is 19.4 Å². The third kappa shape index (κ3) is 4.06. The molecule has 1 fully saturated rings. The van der Waals surface area contributed by atoms with Crippen molar-refractivity contribution in [1.82, 2.24) is 4.90 Å². The largest absolute Gasteiger partial charge is 0.481 e. The molecule has 7 heteroatoms. The van der Waals surface area contributed by atoms with E-state index in [0.717, 1.165) is 4.88 Å². The molecule has 1 atom stereocenters. The molecule has 0 spiro atoms. The lowest BCUT2D eigenvalue weighted by Crippen LogP contribution is -2.49. The Morgan fingerprint density at radius 1 is 1.55 bits per heavy atom. The van der Waals surface area contributed by atoms with Crippen molar-refractivity contribution in [1.29, 1.82) is 0 Å². The summed E-state index contributed by atoms with van der Waals surface area (Å²) < 4.78 is 5.89. The van der Waals surface area contributed by atoms with E-state index in [1.807, 2.05) is 6.07 Å². The van der Waals surface area contributed by atoms with Gasteiger partial charge < -0.3 is 14.7 Å². The number of thiophene rings is 1. The molecule has 1 aromatic heterocycles. The van der Waals surface area contributed by atoms with Crippen LogP contribution in [0.2, 0.25) is 4.34 Å². The normalized spacial score (nSPS) is 19.4. The second-order valence-electron chi connectivity index (χ2n) is 4.33. The molecule has 1 aromatic rings. The summed E-state index contributed by atoms with van der Waals surface area (Å²) >= 11 is 7.19. The second-order valence-corrected chi connectivity index (χ2v) is 6.08. The number of morpholine rings is 1.